The first-order valence-corrected chi connectivity index (χ1v) is 7.67. The van der Waals surface area contributed by atoms with Crippen LogP contribution < -0.4 is 5.32 Å². The molecule has 1 rings (SSSR count). The number of rotatable bonds is 5. The van der Waals surface area contributed by atoms with Gasteiger partial charge in [-0.2, -0.15) is 0 Å². The number of benzene rings is 1. The fourth-order valence-electron chi connectivity index (χ4n) is 1.23. The minimum Gasteiger partial charge on any atom is -0.383 e. The summed E-state index contributed by atoms with van der Waals surface area (Å²) in [5.74, 6) is -1.76. The van der Waals surface area contributed by atoms with E-state index in [1.165, 1.54) is 7.11 Å². The van der Waals surface area contributed by atoms with Gasteiger partial charge in [-0.05, 0) is 12.1 Å². The third kappa shape index (κ3) is 4.31. The molecule has 0 radical (unpaired) electrons. The Morgan fingerprint density at radius 3 is 2.63 bits per heavy atom. The number of nitrogens with one attached hydrogen (secondary N) is 1. The molecule has 19 heavy (non-hydrogen) atoms. The number of ether oxygens (including phenoxy) is 1. The summed E-state index contributed by atoms with van der Waals surface area (Å²) in [5, 5.41) is 1.92. The predicted octanol–water partition coefficient (Wildman–Crippen LogP) is 1.78. The lowest BCUT2D eigenvalue weighted by molar-refractivity contribution is 0.0936. The highest BCUT2D eigenvalue weighted by atomic mass is 35.7. The van der Waals surface area contributed by atoms with Crippen molar-refractivity contribution in [3.8, 4) is 0 Å². The second kappa shape index (κ2) is 6.51. The van der Waals surface area contributed by atoms with E-state index in [9.17, 15) is 17.6 Å². The fraction of sp³-hybridized carbons (Fsp3) is 0.300. The lowest BCUT2D eigenvalue weighted by Gasteiger charge is -2.08. The van der Waals surface area contributed by atoms with E-state index in [1.54, 1.807) is 0 Å². The van der Waals surface area contributed by atoms with Crippen LogP contribution in [-0.2, 0) is 13.8 Å². The number of halogens is 3. The van der Waals surface area contributed by atoms with Crippen molar-refractivity contribution in [3.05, 3.63) is 28.5 Å². The van der Waals surface area contributed by atoms with Crippen molar-refractivity contribution in [2.45, 2.75) is 4.90 Å². The number of carbonyl (C=O) groups is 1. The van der Waals surface area contributed by atoms with E-state index in [1.807, 2.05) is 0 Å². The normalized spacial score (nSPS) is 11.4. The third-order valence-corrected chi connectivity index (χ3v) is 3.84. The zero-order chi connectivity index (χ0) is 14.6. The maximum atomic E-state index is 13.5. The van der Waals surface area contributed by atoms with E-state index in [2.05, 4.69) is 5.32 Å². The zero-order valence-corrected chi connectivity index (χ0v) is 12.1. The summed E-state index contributed by atoms with van der Waals surface area (Å²) < 4.78 is 40.5. The van der Waals surface area contributed by atoms with Crippen molar-refractivity contribution in [1.82, 2.24) is 5.32 Å². The van der Waals surface area contributed by atoms with Crippen molar-refractivity contribution in [1.29, 1.82) is 0 Å². The molecule has 0 aromatic heterocycles. The van der Waals surface area contributed by atoms with Gasteiger partial charge < -0.3 is 10.1 Å². The molecule has 0 aliphatic heterocycles. The molecule has 0 bridgehead atoms. The van der Waals surface area contributed by atoms with E-state index >= 15 is 0 Å². The first-order chi connectivity index (χ1) is 8.77. The molecule has 1 aromatic carbocycles. The molecule has 0 atom stereocenters. The minimum absolute atomic E-state index is 0.172. The van der Waals surface area contributed by atoms with E-state index < -0.39 is 30.7 Å². The van der Waals surface area contributed by atoms with Gasteiger partial charge in [0.2, 0.25) is 0 Å². The lowest BCUT2D eigenvalue weighted by Crippen LogP contribution is -2.27. The molecule has 0 spiro atoms. The highest BCUT2D eigenvalue weighted by molar-refractivity contribution is 8.13. The molecule has 0 unspecified atom stereocenters. The summed E-state index contributed by atoms with van der Waals surface area (Å²) in [6.45, 7) is 0.421. The van der Waals surface area contributed by atoms with Crippen molar-refractivity contribution in [2.24, 2.45) is 0 Å². The Morgan fingerprint density at radius 2 is 2.11 bits per heavy atom. The Kier molecular flexibility index (Phi) is 5.54. The number of methoxy groups -OCH3 is 1. The molecule has 106 valence electrons. The molecule has 1 aromatic rings. The highest BCUT2D eigenvalue weighted by Gasteiger charge is 2.20. The third-order valence-electron chi connectivity index (χ3n) is 2.12. The van der Waals surface area contributed by atoms with Gasteiger partial charge in [0.25, 0.3) is 15.0 Å². The van der Waals surface area contributed by atoms with E-state index in [-0.39, 0.29) is 18.7 Å². The Labute approximate surface area is 119 Å². The monoisotopic (exact) mass is 329 g/mol. The Morgan fingerprint density at radius 1 is 1.47 bits per heavy atom. The van der Waals surface area contributed by atoms with Crippen LogP contribution in [0.15, 0.2) is 17.0 Å². The molecule has 1 N–H and O–H groups in total. The first-order valence-electron chi connectivity index (χ1n) is 4.98. The van der Waals surface area contributed by atoms with Gasteiger partial charge in [0, 0.05) is 24.3 Å². The Bertz CT molecular complexity index is 591. The summed E-state index contributed by atoms with van der Waals surface area (Å²) in [7, 11) is 2.39. The maximum absolute atomic E-state index is 13.5. The summed E-state index contributed by atoms with van der Waals surface area (Å²) in [6.07, 6.45) is 0. The molecule has 9 heteroatoms. The van der Waals surface area contributed by atoms with Gasteiger partial charge in [0.05, 0.1) is 22.1 Å². The van der Waals surface area contributed by atoms with E-state index in [0.717, 1.165) is 6.07 Å². The van der Waals surface area contributed by atoms with Crippen molar-refractivity contribution in [3.63, 3.8) is 0 Å². The fourth-order valence-corrected chi connectivity index (χ4v) is 2.20. The van der Waals surface area contributed by atoms with E-state index in [4.69, 9.17) is 27.0 Å². The number of hydrogen-bond acceptors (Lipinski definition) is 4. The van der Waals surface area contributed by atoms with Crippen LogP contribution in [0.5, 0.6) is 0 Å². The average molecular weight is 330 g/mol. The molecule has 0 aliphatic rings. The maximum Gasteiger partial charge on any atom is 0.261 e. The number of hydrogen-bond donors (Lipinski definition) is 1. The van der Waals surface area contributed by atoms with Crippen molar-refractivity contribution >= 4 is 37.2 Å². The zero-order valence-electron chi connectivity index (χ0n) is 9.74. The van der Waals surface area contributed by atoms with Crippen LogP contribution >= 0.6 is 22.3 Å². The molecule has 1 amide bonds. The molecule has 5 nitrogen and oxygen atoms in total. The number of amides is 1. The Hall–Kier alpha value is -0.890. The number of carbonyl (C=O) groups excluding carboxylic acids is 1. The molecule has 0 saturated carbocycles. The van der Waals surface area contributed by atoms with Crippen LogP contribution in [0.1, 0.15) is 10.4 Å². The predicted molar refractivity (Wildman–Crippen MR) is 68.7 cm³/mol. The molecular weight excluding hydrogens is 320 g/mol. The summed E-state index contributed by atoms with van der Waals surface area (Å²) in [5.41, 5.74) is -0.308. The standard InChI is InChI=1S/C10H10Cl2FNO4S/c1-18-3-2-14-10(15)7-4-6(19(12,16)17)5-8(13)9(7)11/h4-5H,2-3H2,1H3,(H,14,15). The van der Waals surface area contributed by atoms with Crippen LogP contribution in [0.4, 0.5) is 4.39 Å². The SMILES string of the molecule is COCCNC(=O)c1cc(S(=O)(=O)Cl)cc(F)c1Cl. The van der Waals surface area contributed by atoms with Gasteiger partial charge in [0.1, 0.15) is 5.82 Å². The quantitative estimate of drug-likeness (QED) is 0.660. The van der Waals surface area contributed by atoms with Gasteiger partial charge in [-0.3, -0.25) is 4.79 Å². The van der Waals surface area contributed by atoms with E-state index in [0.29, 0.717) is 6.07 Å². The second-order valence-corrected chi connectivity index (χ2v) is 6.40. The second-order valence-electron chi connectivity index (χ2n) is 3.45. The summed E-state index contributed by atoms with van der Waals surface area (Å²) >= 11 is 5.62. The highest BCUT2D eigenvalue weighted by Crippen LogP contribution is 2.26. The molecule has 0 fully saturated rings. The van der Waals surface area contributed by atoms with Crippen LogP contribution in [0, 0.1) is 5.82 Å². The van der Waals surface area contributed by atoms with Gasteiger partial charge in [-0.25, -0.2) is 12.8 Å². The van der Waals surface area contributed by atoms with Crippen molar-refractivity contribution in [2.75, 3.05) is 20.3 Å². The smallest absolute Gasteiger partial charge is 0.261 e. The Balaban J connectivity index is 3.13. The lowest BCUT2D eigenvalue weighted by atomic mass is 10.2. The summed E-state index contributed by atoms with van der Waals surface area (Å²) in [4.78, 5) is 11.2. The van der Waals surface area contributed by atoms with Crippen LogP contribution in [0.25, 0.3) is 0 Å². The van der Waals surface area contributed by atoms with Crippen LogP contribution in [-0.4, -0.2) is 34.6 Å². The largest absolute Gasteiger partial charge is 0.383 e. The van der Waals surface area contributed by atoms with Crippen LogP contribution in [0.3, 0.4) is 0 Å². The summed E-state index contributed by atoms with van der Waals surface area (Å²) in [6, 6.07) is 1.56. The van der Waals surface area contributed by atoms with Gasteiger partial charge in [-0.1, -0.05) is 11.6 Å². The molecule has 0 saturated heterocycles. The van der Waals surface area contributed by atoms with Crippen molar-refractivity contribution < 1.29 is 22.3 Å². The molecular formula is C10H10Cl2FNO4S. The van der Waals surface area contributed by atoms with Gasteiger partial charge >= 0.3 is 0 Å². The first kappa shape index (κ1) is 16.2. The average Bonchev–Trinajstić information content (AvgIpc) is 2.31. The topological polar surface area (TPSA) is 72.5 Å². The van der Waals surface area contributed by atoms with Gasteiger partial charge in [0.15, 0.2) is 0 Å². The minimum atomic E-state index is -4.15. The van der Waals surface area contributed by atoms with Crippen LogP contribution in [0.2, 0.25) is 5.02 Å². The molecule has 0 aliphatic carbocycles. The van der Waals surface area contributed by atoms with Gasteiger partial charge in [-0.15, -0.1) is 0 Å². The molecule has 0 heterocycles.